The van der Waals surface area contributed by atoms with E-state index in [0.717, 1.165) is 6.54 Å². The number of benzene rings is 1. The molecular weight excluding hydrogens is 207 g/mol. The molecule has 0 heterocycles. The highest BCUT2D eigenvalue weighted by molar-refractivity contribution is 5.42. The van der Waals surface area contributed by atoms with Crippen LogP contribution in [0.1, 0.15) is 12.5 Å². The number of halogens is 1. The van der Waals surface area contributed by atoms with Gasteiger partial charge in [0.1, 0.15) is 0 Å². The van der Waals surface area contributed by atoms with Crippen molar-refractivity contribution in [2.24, 2.45) is 0 Å². The minimum atomic E-state index is -0.314. The molecule has 1 aromatic carbocycles. The van der Waals surface area contributed by atoms with E-state index < -0.39 is 0 Å². The number of likely N-dealkylation sites (N-methyl/N-ethyl adjacent to an activating group) is 1. The molecule has 1 rings (SSSR count). The van der Waals surface area contributed by atoms with Crippen LogP contribution in [0.15, 0.2) is 18.2 Å². The molecule has 2 N–H and O–H groups in total. The lowest BCUT2D eigenvalue weighted by molar-refractivity contribution is 0.120. The summed E-state index contributed by atoms with van der Waals surface area (Å²) in [5.41, 5.74) is 6.33. The Morgan fingerprint density at radius 2 is 2.19 bits per heavy atom. The van der Waals surface area contributed by atoms with Gasteiger partial charge >= 0.3 is 0 Å². The minimum Gasteiger partial charge on any atom is -0.396 e. The summed E-state index contributed by atoms with van der Waals surface area (Å²) in [6.07, 6.45) is 0. The quantitative estimate of drug-likeness (QED) is 0.594. The van der Waals surface area contributed by atoms with Gasteiger partial charge in [0, 0.05) is 25.3 Å². The van der Waals surface area contributed by atoms with Gasteiger partial charge in [-0.05, 0) is 20.0 Å². The van der Waals surface area contributed by atoms with Gasteiger partial charge in [-0.1, -0.05) is 12.1 Å². The fourth-order valence-electron chi connectivity index (χ4n) is 1.46. The maximum atomic E-state index is 13.6. The van der Waals surface area contributed by atoms with Crippen LogP contribution in [0.25, 0.3) is 0 Å². The fraction of sp³-hybridized carbons (Fsp3) is 0.500. The van der Waals surface area contributed by atoms with Crippen LogP contribution in [0, 0.1) is 5.82 Å². The van der Waals surface area contributed by atoms with E-state index in [2.05, 4.69) is 0 Å². The molecule has 0 amide bonds. The molecule has 0 fully saturated rings. The smallest absolute Gasteiger partial charge is 0.150 e. The molecule has 0 aliphatic heterocycles. The summed E-state index contributed by atoms with van der Waals surface area (Å²) in [5.74, 6) is -0.314. The SMILES string of the molecule is CCOCCN(C)Cc1cccc(N)c1F. The van der Waals surface area contributed by atoms with Crippen molar-refractivity contribution in [3.05, 3.63) is 29.6 Å². The third-order valence-electron chi connectivity index (χ3n) is 2.37. The molecule has 3 nitrogen and oxygen atoms in total. The second-order valence-electron chi connectivity index (χ2n) is 3.76. The van der Waals surface area contributed by atoms with Gasteiger partial charge in [0.15, 0.2) is 5.82 Å². The predicted octanol–water partition coefficient (Wildman–Crippen LogP) is 1.88. The van der Waals surface area contributed by atoms with E-state index in [1.54, 1.807) is 18.2 Å². The molecule has 90 valence electrons. The Morgan fingerprint density at radius 3 is 2.88 bits per heavy atom. The van der Waals surface area contributed by atoms with Crippen molar-refractivity contribution in [1.29, 1.82) is 0 Å². The number of anilines is 1. The minimum absolute atomic E-state index is 0.204. The first-order valence-corrected chi connectivity index (χ1v) is 5.44. The number of hydrogen-bond acceptors (Lipinski definition) is 3. The lowest BCUT2D eigenvalue weighted by atomic mass is 10.2. The van der Waals surface area contributed by atoms with E-state index in [0.29, 0.717) is 25.3 Å². The summed E-state index contributed by atoms with van der Waals surface area (Å²) in [4.78, 5) is 2.01. The zero-order valence-corrected chi connectivity index (χ0v) is 9.87. The summed E-state index contributed by atoms with van der Waals surface area (Å²) in [7, 11) is 1.93. The molecule has 0 aliphatic rings. The molecule has 0 radical (unpaired) electrons. The first kappa shape index (κ1) is 12.9. The molecule has 0 saturated carbocycles. The zero-order valence-electron chi connectivity index (χ0n) is 9.87. The summed E-state index contributed by atoms with van der Waals surface area (Å²) in [6, 6.07) is 5.09. The molecule has 4 heteroatoms. The van der Waals surface area contributed by atoms with E-state index in [1.165, 1.54) is 0 Å². The third-order valence-corrected chi connectivity index (χ3v) is 2.37. The van der Waals surface area contributed by atoms with Crippen LogP contribution in [0.4, 0.5) is 10.1 Å². The van der Waals surface area contributed by atoms with Crippen LogP contribution in [0.2, 0.25) is 0 Å². The van der Waals surface area contributed by atoms with Crippen LogP contribution in [0.3, 0.4) is 0 Å². The Labute approximate surface area is 96.0 Å². The Balaban J connectivity index is 2.49. The van der Waals surface area contributed by atoms with Gasteiger partial charge in [-0.15, -0.1) is 0 Å². The van der Waals surface area contributed by atoms with Crippen molar-refractivity contribution in [2.45, 2.75) is 13.5 Å². The van der Waals surface area contributed by atoms with E-state index in [1.807, 2.05) is 18.9 Å². The van der Waals surface area contributed by atoms with Crippen molar-refractivity contribution in [3.8, 4) is 0 Å². The molecule has 0 unspecified atom stereocenters. The van der Waals surface area contributed by atoms with Crippen LogP contribution in [0.5, 0.6) is 0 Å². The van der Waals surface area contributed by atoms with Gasteiger partial charge in [0.25, 0.3) is 0 Å². The second-order valence-corrected chi connectivity index (χ2v) is 3.76. The lowest BCUT2D eigenvalue weighted by Crippen LogP contribution is -2.23. The Hall–Kier alpha value is -1.13. The van der Waals surface area contributed by atoms with Crippen LogP contribution >= 0.6 is 0 Å². The summed E-state index contributed by atoms with van der Waals surface area (Å²) in [6.45, 7) is 4.65. The monoisotopic (exact) mass is 226 g/mol. The maximum absolute atomic E-state index is 13.6. The van der Waals surface area contributed by atoms with E-state index in [4.69, 9.17) is 10.5 Å². The molecule has 0 aromatic heterocycles. The van der Waals surface area contributed by atoms with Crippen molar-refractivity contribution in [2.75, 3.05) is 32.5 Å². The van der Waals surface area contributed by atoms with Gasteiger partial charge in [-0.25, -0.2) is 4.39 Å². The normalized spacial score (nSPS) is 11.0. The zero-order chi connectivity index (χ0) is 12.0. The molecule has 0 atom stereocenters. The van der Waals surface area contributed by atoms with Gasteiger partial charge in [-0.3, -0.25) is 4.90 Å². The van der Waals surface area contributed by atoms with Gasteiger partial charge in [0.2, 0.25) is 0 Å². The van der Waals surface area contributed by atoms with Crippen molar-refractivity contribution in [3.63, 3.8) is 0 Å². The number of hydrogen-bond donors (Lipinski definition) is 1. The first-order chi connectivity index (χ1) is 7.65. The topological polar surface area (TPSA) is 38.5 Å². The summed E-state index contributed by atoms with van der Waals surface area (Å²) < 4.78 is 18.8. The number of nitrogens with zero attached hydrogens (tertiary/aromatic N) is 1. The fourth-order valence-corrected chi connectivity index (χ4v) is 1.46. The van der Waals surface area contributed by atoms with Gasteiger partial charge in [-0.2, -0.15) is 0 Å². The van der Waals surface area contributed by atoms with E-state index in [-0.39, 0.29) is 11.5 Å². The molecule has 0 aliphatic carbocycles. The first-order valence-electron chi connectivity index (χ1n) is 5.44. The molecule has 1 aromatic rings. The summed E-state index contributed by atoms with van der Waals surface area (Å²) in [5, 5.41) is 0. The second kappa shape index (κ2) is 6.45. The third kappa shape index (κ3) is 3.79. The largest absolute Gasteiger partial charge is 0.396 e. The maximum Gasteiger partial charge on any atom is 0.150 e. The number of nitrogens with two attached hydrogens (primary N) is 1. The summed E-state index contributed by atoms with van der Waals surface area (Å²) >= 11 is 0. The highest BCUT2D eigenvalue weighted by Gasteiger charge is 2.07. The lowest BCUT2D eigenvalue weighted by Gasteiger charge is -2.17. The number of ether oxygens (including phenoxy) is 1. The molecular formula is C12H19FN2O. The van der Waals surface area contributed by atoms with Gasteiger partial charge < -0.3 is 10.5 Å². The standard InChI is InChI=1S/C12H19FN2O/c1-3-16-8-7-15(2)9-10-5-4-6-11(14)12(10)13/h4-6H,3,7-9,14H2,1-2H3. The number of nitrogen functional groups attached to an aromatic ring is 1. The molecule has 0 saturated heterocycles. The van der Waals surface area contributed by atoms with Crippen molar-refractivity contribution in [1.82, 2.24) is 4.90 Å². The Morgan fingerprint density at radius 1 is 1.44 bits per heavy atom. The molecule has 0 spiro atoms. The van der Waals surface area contributed by atoms with Crippen LogP contribution < -0.4 is 5.73 Å². The Bertz CT molecular complexity index is 331. The van der Waals surface area contributed by atoms with E-state index in [9.17, 15) is 4.39 Å². The number of rotatable bonds is 6. The van der Waals surface area contributed by atoms with Gasteiger partial charge in [0.05, 0.1) is 12.3 Å². The average molecular weight is 226 g/mol. The molecule has 16 heavy (non-hydrogen) atoms. The highest BCUT2D eigenvalue weighted by Crippen LogP contribution is 2.15. The highest BCUT2D eigenvalue weighted by atomic mass is 19.1. The van der Waals surface area contributed by atoms with Crippen molar-refractivity contribution < 1.29 is 9.13 Å². The van der Waals surface area contributed by atoms with E-state index >= 15 is 0 Å². The van der Waals surface area contributed by atoms with Crippen molar-refractivity contribution >= 4 is 5.69 Å². The molecule has 0 bridgehead atoms. The van der Waals surface area contributed by atoms with Crippen LogP contribution in [-0.4, -0.2) is 31.7 Å². The predicted molar refractivity (Wildman–Crippen MR) is 63.6 cm³/mol. The Kier molecular flexibility index (Phi) is 5.22. The van der Waals surface area contributed by atoms with Crippen LogP contribution in [-0.2, 0) is 11.3 Å². The average Bonchev–Trinajstić information content (AvgIpc) is 2.25.